The molecule has 0 atom stereocenters. The van der Waals surface area contributed by atoms with Crippen LogP contribution in [0.1, 0.15) is 19.3 Å². The first-order valence-electron chi connectivity index (χ1n) is 8.39. The van der Waals surface area contributed by atoms with Gasteiger partial charge in [0.05, 0.1) is 10.7 Å². The average molecular weight is 394 g/mol. The molecule has 2 aliphatic rings. The predicted molar refractivity (Wildman–Crippen MR) is 100 cm³/mol. The van der Waals surface area contributed by atoms with Gasteiger partial charge in [-0.2, -0.15) is 8.42 Å². The highest BCUT2D eigenvalue weighted by molar-refractivity contribution is 7.90. The van der Waals surface area contributed by atoms with Gasteiger partial charge in [-0.25, -0.2) is 4.39 Å². The van der Waals surface area contributed by atoms with E-state index >= 15 is 0 Å². The molecule has 4 rings (SSSR count). The lowest BCUT2D eigenvalue weighted by Crippen LogP contribution is -2.39. The Bertz CT molecular complexity index is 1000. The number of anilines is 1. The van der Waals surface area contributed by atoms with Gasteiger partial charge in [-0.15, -0.1) is 4.40 Å². The quantitative estimate of drug-likeness (QED) is 0.826. The summed E-state index contributed by atoms with van der Waals surface area (Å²) in [5.41, 5.74) is 1.28. The average Bonchev–Trinajstić information content (AvgIpc) is 2.55. The van der Waals surface area contributed by atoms with E-state index in [-0.39, 0.29) is 15.9 Å². The minimum Gasteiger partial charge on any atom is -0.355 e. The smallest absolute Gasteiger partial charge is 0.287 e. The standard InChI is InChI=1S/C18H17ClFN3O2S/c19-16-12(6-2-8-14(16)20)13-7-3-9-15-17(13)22-18(23-26(15,24)25)21-10-11-4-1-5-11/h2-3,6-9,11H,1,4-5,10H2,(H2,21,22,23). The highest BCUT2D eigenvalue weighted by Crippen LogP contribution is 2.40. The van der Waals surface area contributed by atoms with Crippen molar-refractivity contribution in [2.75, 3.05) is 11.9 Å². The van der Waals surface area contributed by atoms with Gasteiger partial charge in [0.2, 0.25) is 5.96 Å². The molecule has 2 aromatic carbocycles. The van der Waals surface area contributed by atoms with Crippen LogP contribution in [0.5, 0.6) is 0 Å². The van der Waals surface area contributed by atoms with E-state index in [1.807, 2.05) is 0 Å². The SMILES string of the molecule is O=S1(=O)N=C(NCC2CCC2)Nc2c(-c3cccc(F)c3Cl)cccc21. The fourth-order valence-corrected chi connectivity index (χ4v) is 4.48. The van der Waals surface area contributed by atoms with Crippen molar-refractivity contribution in [2.24, 2.45) is 10.3 Å². The molecular weight excluding hydrogens is 377 g/mol. The van der Waals surface area contributed by atoms with Crippen molar-refractivity contribution in [1.82, 2.24) is 5.32 Å². The van der Waals surface area contributed by atoms with Crippen molar-refractivity contribution in [1.29, 1.82) is 0 Å². The second-order valence-electron chi connectivity index (χ2n) is 6.50. The van der Waals surface area contributed by atoms with Crippen LogP contribution in [0.4, 0.5) is 10.1 Å². The summed E-state index contributed by atoms with van der Waals surface area (Å²) >= 11 is 6.11. The van der Waals surface area contributed by atoms with Gasteiger partial charge in [0, 0.05) is 17.7 Å². The van der Waals surface area contributed by atoms with Gasteiger partial charge < -0.3 is 10.6 Å². The van der Waals surface area contributed by atoms with Crippen LogP contribution in [0.15, 0.2) is 45.7 Å². The molecule has 0 radical (unpaired) electrons. The normalized spacial score (nSPS) is 18.3. The number of fused-ring (bicyclic) bond motifs is 1. The van der Waals surface area contributed by atoms with E-state index in [0.29, 0.717) is 29.3 Å². The topological polar surface area (TPSA) is 70.6 Å². The van der Waals surface area contributed by atoms with Crippen LogP contribution in [0.25, 0.3) is 11.1 Å². The van der Waals surface area contributed by atoms with Crippen LogP contribution in [-0.2, 0) is 10.0 Å². The maximum absolute atomic E-state index is 13.9. The zero-order valence-electron chi connectivity index (χ0n) is 13.8. The van der Waals surface area contributed by atoms with E-state index in [1.54, 1.807) is 18.2 Å². The summed E-state index contributed by atoms with van der Waals surface area (Å²) in [6.07, 6.45) is 3.47. The van der Waals surface area contributed by atoms with Gasteiger partial charge in [-0.05, 0) is 30.9 Å². The Labute approximate surface area is 156 Å². The third-order valence-corrected chi connectivity index (χ3v) is 6.49. The number of nitrogens with zero attached hydrogens (tertiary/aromatic N) is 1. The lowest BCUT2D eigenvalue weighted by atomic mass is 9.85. The minimum atomic E-state index is -3.86. The molecule has 0 amide bonds. The number of para-hydroxylation sites is 1. The van der Waals surface area contributed by atoms with Crippen molar-refractivity contribution >= 4 is 33.3 Å². The molecule has 0 unspecified atom stereocenters. The largest absolute Gasteiger partial charge is 0.355 e. The first-order chi connectivity index (χ1) is 12.5. The molecule has 2 N–H and O–H groups in total. The summed E-state index contributed by atoms with van der Waals surface area (Å²) in [7, 11) is -3.86. The number of rotatable bonds is 3. The first-order valence-corrected chi connectivity index (χ1v) is 10.2. The molecule has 1 fully saturated rings. The van der Waals surface area contributed by atoms with Gasteiger partial charge >= 0.3 is 0 Å². The summed E-state index contributed by atoms with van der Waals surface area (Å²) < 4.78 is 42.8. The molecule has 1 heterocycles. The number of nitrogens with one attached hydrogen (secondary N) is 2. The number of sulfonamides is 1. The van der Waals surface area contributed by atoms with Gasteiger partial charge in [-0.3, -0.25) is 0 Å². The van der Waals surface area contributed by atoms with E-state index in [9.17, 15) is 12.8 Å². The lowest BCUT2D eigenvalue weighted by Gasteiger charge is -2.28. The summed E-state index contributed by atoms with van der Waals surface area (Å²) in [6, 6.07) is 9.23. The van der Waals surface area contributed by atoms with Crippen LogP contribution in [0, 0.1) is 11.7 Å². The second kappa shape index (κ2) is 6.55. The van der Waals surface area contributed by atoms with E-state index in [0.717, 1.165) is 12.8 Å². The Hall–Kier alpha value is -2.12. The van der Waals surface area contributed by atoms with E-state index in [2.05, 4.69) is 15.0 Å². The Balaban J connectivity index is 1.75. The van der Waals surface area contributed by atoms with E-state index in [4.69, 9.17) is 11.6 Å². The third kappa shape index (κ3) is 3.05. The zero-order valence-corrected chi connectivity index (χ0v) is 15.4. The molecule has 5 nitrogen and oxygen atoms in total. The molecule has 8 heteroatoms. The van der Waals surface area contributed by atoms with Gasteiger partial charge in [0.25, 0.3) is 10.0 Å². The van der Waals surface area contributed by atoms with Crippen molar-refractivity contribution in [3.05, 3.63) is 47.2 Å². The van der Waals surface area contributed by atoms with Gasteiger partial charge in [0.15, 0.2) is 0 Å². The molecule has 0 aromatic heterocycles. The molecule has 1 saturated carbocycles. The summed E-state index contributed by atoms with van der Waals surface area (Å²) in [4.78, 5) is 0.0459. The maximum atomic E-state index is 13.9. The van der Waals surface area contributed by atoms with Gasteiger partial charge in [-0.1, -0.05) is 42.3 Å². The first kappa shape index (κ1) is 17.3. The van der Waals surface area contributed by atoms with Gasteiger partial charge in [0.1, 0.15) is 10.7 Å². The number of halogens is 2. The molecule has 0 spiro atoms. The van der Waals surface area contributed by atoms with Crippen LogP contribution >= 0.6 is 11.6 Å². The summed E-state index contributed by atoms with van der Waals surface area (Å²) in [5, 5.41) is 6.08. The fourth-order valence-electron chi connectivity index (χ4n) is 3.14. The highest BCUT2D eigenvalue weighted by atomic mass is 35.5. The van der Waals surface area contributed by atoms with Crippen molar-refractivity contribution < 1.29 is 12.8 Å². The molecule has 136 valence electrons. The summed E-state index contributed by atoms with van der Waals surface area (Å²) in [6.45, 7) is 0.666. The Kier molecular flexibility index (Phi) is 4.36. The Morgan fingerprint density at radius 3 is 2.65 bits per heavy atom. The van der Waals surface area contributed by atoms with Crippen LogP contribution in [-0.4, -0.2) is 20.9 Å². The van der Waals surface area contributed by atoms with Crippen LogP contribution in [0.2, 0.25) is 5.02 Å². The second-order valence-corrected chi connectivity index (χ2v) is 8.45. The van der Waals surface area contributed by atoms with E-state index < -0.39 is 15.8 Å². The molecular formula is C18H17ClFN3O2S. The number of hydrogen-bond acceptors (Lipinski definition) is 4. The maximum Gasteiger partial charge on any atom is 0.287 e. The van der Waals surface area contributed by atoms with Crippen LogP contribution in [0.3, 0.4) is 0 Å². The molecule has 1 aliphatic heterocycles. The number of hydrogen-bond donors (Lipinski definition) is 2. The van der Waals surface area contributed by atoms with Crippen molar-refractivity contribution in [3.8, 4) is 11.1 Å². The number of benzene rings is 2. The fraction of sp³-hybridized carbons (Fsp3) is 0.278. The molecule has 0 bridgehead atoms. The van der Waals surface area contributed by atoms with E-state index in [1.165, 1.54) is 24.6 Å². The molecule has 1 aliphatic carbocycles. The molecule has 2 aromatic rings. The Morgan fingerprint density at radius 1 is 1.19 bits per heavy atom. The molecule has 26 heavy (non-hydrogen) atoms. The third-order valence-electron chi connectivity index (χ3n) is 4.78. The Morgan fingerprint density at radius 2 is 1.92 bits per heavy atom. The lowest BCUT2D eigenvalue weighted by molar-refractivity contribution is 0.315. The summed E-state index contributed by atoms with van der Waals surface area (Å²) in [5.74, 6) is 0.165. The van der Waals surface area contributed by atoms with Crippen molar-refractivity contribution in [3.63, 3.8) is 0 Å². The van der Waals surface area contributed by atoms with Crippen molar-refractivity contribution in [2.45, 2.75) is 24.2 Å². The monoisotopic (exact) mass is 393 g/mol. The van der Waals surface area contributed by atoms with Crippen LogP contribution < -0.4 is 10.6 Å². The predicted octanol–water partition coefficient (Wildman–Crippen LogP) is 4.01. The highest BCUT2D eigenvalue weighted by Gasteiger charge is 2.28. The zero-order chi connectivity index (χ0) is 18.3. The number of guanidine groups is 1. The minimum absolute atomic E-state index is 0.0459. The molecule has 0 saturated heterocycles.